The van der Waals surface area contributed by atoms with Crippen LogP contribution in [-0.4, -0.2) is 39.9 Å². The number of carbonyl (C=O) groups is 2. The Morgan fingerprint density at radius 2 is 2.24 bits per heavy atom. The molecule has 1 atom stereocenters. The highest BCUT2D eigenvalue weighted by molar-refractivity contribution is 5.82. The molecule has 2 heterocycles. The number of nitrogens with one attached hydrogen (secondary N) is 2. The molecule has 21 heavy (non-hydrogen) atoms. The van der Waals surface area contributed by atoms with E-state index in [2.05, 4.69) is 15.6 Å². The van der Waals surface area contributed by atoms with Gasteiger partial charge in [-0.2, -0.15) is 0 Å². The molecule has 0 bridgehead atoms. The highest BCUT2D eigenvalue weighted by Crippen LogP contribution is 2.21. The summed E-state index contributed by atoms with van der Waals surface area (Å²) in [6.07, 6.45) is 3.76. The maximum absolute atomic E-state index is 11.9. The molecule has 1 aliphatic rings. The molecule has 3 amide bonds. The van der Waals surface area contributed by atoms with Gasteiger partial charge in [-0.25, -0.2) is 4.79 Å². The smallest absolute Gasteiger partial charge is 0.315 e. The summed E-state index contributed by atoms with van der Waals surface area (Å²) in [5, 5.41) is 5.62. The third-order valence-corrected chi connectivity index (χ3v) is 3.45. The van der Waals surface area contributed by atoms with E-state index >= 15 is 0 Å². The van der Waals surface area contributed by atoms with Gasteiger partial charge < -0.3 is 15.5 Å². The van der Waals surface area contributed by atoms with E-state index in [1.165, 1.54) is 0 Å². The topological polar surface area (TPSA) is 74.3 Å². The van der Waals surface area contributed by atoms with E-state index in [9.17, 15) is 9.59 Å². The van der Waals surface area contributed by atoms with Crippen molar-refractivity contribution in [3.05, 3.63) is 30.1 Å². The number of hydrogen-bond acceptors (Lipinski definition) is 3. The molecular weight excluding hydrogens is 268 g/mol. The van der Waals surface area contributed by atoms with E-state index in [4.69, 9.17) is 0 Å². The number of hydrogen-bond donors (Lipinski definition) is 2. The monoisotopic (exact) mass is 290 g/mol. The lowest BCUT2D eigenvalue weighted by Gasteiger charge is -2.32. The molecule has 6 heteroatoms. The lowest BCUT2D eigenvalue weighted by atomic mass is 10.1. The molecule has 1 aromatic heterocycles. The van der Waals surface area contributed by atoms with E-state index in [1.54, 1.807) is 17.3 Å². The van der Waals surface area contributed by atoms with Gasteiger partial charge in [-0.05, 0) is 32.4 Å². The molecule has 0 aliphatic carbocycles. The molecular formula is C15H22N4O2. The van der Waals surface area contributed by atoms with Crippen LogP contribution in [0, 0.1) is 0 Å². The van der Waals surface area contributed by atoms with Crippen LogP contribution in [0.15, 0.2) is 24.5 Å². The van der Waals surface area contributed by atoms with Gasteiger partial charge >= 0.3 is 6.03 Å². The zero-order valence-corrected chi connectivity index (χ0v) is 12.7. The van der Waals surface area contributed by atoms with Crippen LogP contribution in [0.4, 0.5) is 4.79 Å². The summed E-state index contributed by atoms with van der Waals surface area (Å²) in [5.74, 6) is 0.0834. The number of pyridine rings is 1. The number of aromatic nitrogens is 1. The molecule has 0 aromatic carbocycles. The van der Waals surface area contributed by atoms with E-state index in [0.717, 1.165) is 5.56 Å². The fourth-order valence-corrected chi connectivity index (χ4v) is 2.37. The van der Waals surface area contributed by atoms with Crippen LogP contribution >= 0.6 is 0 Å². The molecule has 0 radical (unpaired) electrons. The van der Waals surface area contributed by atoms with E-state index in [0.29, 0.717) is 19.5 Å². The van der Waals surface area contributed by atoms with Crippen LogP contribution in [0.25, 0.3) is 0 Å². The fourth-order valence-electron chi connectivity index (χ4n) is 2.37. The maximum Gasteiger partial charge on any atom is 0.315 e. The minimum atomic E-state index is -0.257. The van der Waals surface area contributed by atoms with Crippen molar-refractivity contribution in [2.75, 3.05) is 6.54 Å². The molecule has 1 fully saturated rings. The van der Waals surface area contributed by atoms with Gasteiger partial charge in [0, 0.05) is 37.4 Å². The fraction of sp³-hybridized carbons (Fsp3) is 0.533. The Labute approximate surface area is 124 Å². The van der Waals surface area contributed by atoms with Crippen molar-refractivity contribution in [3.63, 3.8) is 0 Å². The minimum Gasteiger partial charge on any atom is -0.336 e. The molecule has 1 aromatic rings. The average Bonchev–Trinajstić information content (AvgIpc) is 2.78. The van der Waals surface area contributed by atoms with Crippen molar-refractivity contribution in [3.8, 4) is 0 Å². The second-order valence-electron chi connectivity index (χ2n) is 6.26. The number of rotatable bonds is 3. The number of likely N-dealkylation sites (tertiary alicyclic amines) is 1. The Morgan fingerprint density at radius 3 is 2.81 bits per heavy atom. The van der Waals surface area contributed by atoms with Crippen LogP contribution in [-0.2, 0) is 11.3 Å². The Morgan fingerprint density at radius 1 is 1.48 bits per heavy atom. The molecule has 114 valence electrons. The first-order chi connectivity index (χ1) is 9.86. The Balaban J connectivity index is 1.80. The maximum atomic E-state index is 11.9. The van der Waals surface area contributed by atoms with Gasteiger partial charge in [0.2, 0.25) is 5.91 Å². The number of carbonyl (C=O) groups excluding carboxylic acids is 2. The largest absolute Gasteiger partial charge is 0.336 e. The van der Waals surface area contributed by atoms with Gasteiger partial charge in [0.05, 0.1) is 6.04 Å². The lowest BCUT2D eigenvalue weighted by Crippen LogP contribution is -2.46. The normalized spacial score (nSPS) is 18.7. The summed E-state index contributed by atoms with van der Waals surface area (Å²) in [6.45, 7) is 6.97. The van der Waals surface area contributed by atoms with Gasteiger partial charge in [0.25, 0.3) is 0 Å². The summed E-state index contributed by atoms with van der Waals surface area (Å²) in [4.78, 5) is 29.6. The van der Waals surface area contributed by atoms with Gasteiger partial charge in [0.1, 0.15) is 0 Å². The number of nitrogens with zero attached hydrogens (tertiary/aromatic N) is 2. The first-order valence-corrected chi connectivity index (χ1v) is 7.10. The quantitative estimate of drug-likeness (QED) is 0.880. The predicted octanol–water partition coefficient (Wildman–Crippen LogP) is 1.28. The third kappa shape index (κ3) is 4.18. The van der Waals surface area contributed by atoms with Crippen LogP contribution in [0.5, 0.6) is 0 Å². The van der Waals surface area contributed by atoms with Crippen molar-refractivity contribution in [2.45, 2.75) is 45.3 Å². The van der Waals surface area contributed by atoms with Crippen molar-refractivity contribution in [2.24, 2.45) is 0 Å². The zero-order chi connectivity index (χ0) is 15.5. The summed E-state index contributed by atoms with van der Waals surface area (Å²) >= 11 is 0. The van der Waals surface area contributed by atoms with E-state index in [1.807, 2.05) is 32.9 Å². The highest BCUT2D eigenvalue weighted by atomic mass is 16.2. The minimum absolute atomic E-state index is 0.0834. The predicted molar refractivity (Wildman–Crippen MR) is 79.5 cm³/mol. The zero-order valence-electron chi connectivity index (χ0n) is 12.7. The molecule has 2 rings (SSSR count). The SMILES string of the molecule is CC(C)(C)N1C[C@@H](NC(=O)NCc2cccnc2)CC1=O. The van der Waals surface area contributed by atoms with Gasteiger partial charge in [-0.3, -0.25) is 9.78 Å². The van der Waals surface area contributed by atoms with Crippen LogP contribution < -0.4 is 10.6 Å². The first-order valence-electron chi connectivity index (χ1n) is 7.10. The Bertz CT molecular complexity index is 510. The third-order valence-electron chi connectivity index (χ3n) is 3.45. The summed E-state index contributed by atoms with van der Waals surface area (Å²) < 4.78 is 0. The number of amides is 3. The van der Waals surface area contributed by atoms with Gasteiger partial charge in [0.15, 0.2) is 0 Å². The van der Waals surface area contributed by atoms with Crippen molar-refractivity contribution < 1.29 is 9.59 Å². The average molecular weight is 290 g/mol. The molecule has 0 saturated carbocycles. The van der Waals surface area contributed by atoms with Crippen LogP contribution in [0.3, 0.4) is 0 Å². The molecule has 0 unspecified atom stereocenters. The summed E-state index contributed by atoms with van der Waals surface area (Å²) in [5.41, 5.74) is 0.728. The molecule has 0 spiro atoms. The lowest BCUT2D eigenvalue weighted by molar-refractivity contribution is -0.131. The van der Waals surface area contributed by atoms with Crippen molar-refractivity contribution in [1.29, 1.82) is 0 Å². The molecule has 6 nitrogen and oxygen atoms in total. The van der Waals surface area contributed by atoms with E-state index in [-0.39, 0.29) is 23.5 Å². The highest BCUT2D eigenvalue weighted by Gasteiger charge is 2.36. The Hall–Kier alpha value is -2.11. The summed E-state index contributed by atoms with van der Waals surface area (Å²) in [6, 6.07) is 3.33. The van der Waals surface area contributed by atoms with Crippen LogP contribution in [0.1, 0.15) is 32.8 Å². The standard InChI is InChI=1S/C15H22N4O2/c1-15(2,3)19-10-12(7-13(19)20)18-14(21)17-9-11-5-4-6-16-8-11/h4-6,8,12H,7,9-10H2,1-3H3,(H2,17,18,21)/t12-/m0/s1. The van der Waals surface area contributed by atoms with Crippen molar-refractivity contribution >= 4 is 11.9 Å². The van der Waals surface area contributed by atoms with Gasteiger partial charge in [-0.15, -0.1) is 0 Å². The Kier molecular flexibility index (Phi) is 4.45. The number of urea groups is 1. The van der Waals surface area contributed by atoms with E-state index < -0.39 is 0 Å². The molecule has 1 aliphatic heterocycles. The molecule has 1 saturated heterocycles. The second-order valence-corrected chi connectivity index (χ2v) is 6.26. The van der Waals surface area contributed by atoms with Gasteiger partial charge in [-0.1, -0.05) is 6.07 Å². The first kappa shape index (κ1) is 15.3. The van der Waals surface area contributed by atoms with Crippen LogP contribution in [0.2, 0.25) is 0 Å². The van der Waals surface area contributed by atoms with Crippen molar-refractivity contribution in [1.82, 2.24) is 20.5 Å². The molecule has 2 N–H and O–H groups in total. The second kappa shape index (κ2) is 6.11. The summed E-state index contributed by atoms with van der Waals surface area (Å²) in [7, 11) is 0.